The fraction of sp³-hybridized carbons (Fsp3) is 0.552. The predicted molar refractivity (Wildman–Crippen MR) is 161 cm³/mol. The van der Waals surface area contributed by atoms with Gasteiger partial charge in [0, 0.05) is 43.1 Å². The molecule has 0 bridgehead atoms. The summed E-state index contributed by atoms with van der Waals surface area (Å²) >= 11 is 0. The summed E-state index contributed by atoms with van der Waals surface area (Å²) in [7, 11) is 1.22. The second-order valence-electron chi connectivity index (χ2n) is 12.4. The highest BCUT2D eigenvalue weighted by atomic mass is 28.4. The highest BCUT2D eigenvalue weighted by molar-refractivity contribution is 6.74. The number of methoxy groups -OCH3 is 2. The van der Waals surface area contributed by atoms with Gasteiger partial charge in [-0.1, -0.05) is 27.7 Å². The van der Waals surface area contributed by atoms with Gasteiger partial charge in [-0.05, 0) is 54.4 Å². The maximum Gasteiger partial charge on any atom is 0.236 e. The second kappa shape index (κ2) is 11.5. The number of ether oxygens (including phenoxy) is 2. The van der Waals surface area contributed by atoms with E-state index in [4.69, 9.17) is 18.9 Å². The number of nitrogens with one attached hydrogen (secondary N) is 2. The molecule has 3 aromatic rings. The molecule has 1 aromatic carbocycles. The summed E-state index contributed by atoms with van der Waals surface area (Å²) in [5.74, 6) is 0.897. The zero-order valence-corrected chi connectivity index (χ0v) is 26.3. The van der Waals surface area contributed by atoms with Gasteiger partial charge in [-0.3, -0.25) is 0 Å². The van der Waals surface area contributed by atoms with Crippen molar-refractivity contribution in [1.29, 1.82) is 0 Å². The van der Waals surface area contributed by atoms with Crippen molar-refractivity contribution in [2.45, 2.75) is 70.8 Å². The molecule has 3 heterocycles. The van der Waals surface area contributed by atoms with E-state index in [-0.39, 0.29) is 23.6 Å². The van der Waals surface area contributed by atoms with E-state index in [1.54, 1.807) is 31.3 Å². The van der Waals surface area contributed by atoms with Crippen LogP contribution in [0.2, 0.25) is 18.1 Å². The Morgan fingerprint density at radius 3 is 2.67 bits per heavy atom. The quantitative estimate of drug-likeness (QED) is 0.271. The second-order valence-corrected chi connectivity index (χ2v) is 17.2. The molecule has 4 rings (SSSR count). The molecule has 0 fully saturated rings. The molecule has 0 aliphatic carbocycles. The molecule has 2 aromatic heterocycles. The summed E-state index contributed by atoms with van der Waals surface area (Å²) in [5.41, 5.74) is 5.91. The SMILES string of the molecule is COC[C@H](O)Cn1ncc(Nc2nccc(-c3cc(C)c4c(c3)[C@@](C)(CO[Si](C)(C)C(C)(C)C)CN4)n2)c1OC. The largest absolute Gasteiger partial charge is 0.480 e. The molecule has 1 aliphatic rings. The van der Waals surface area contributed by atoms with Crippen LogP contribution < -0.4 is 15.4 Å². The van der Waals surface area contributed by atoms with Gasteiger partial charge in [-0.2, -0.15) is 5.10 Å². The number of benzene rings is 1. The number of aromatic nitrogens is 4. The van der Waals surface area contributed by atoms with Crippen LogP contribution in [-0.4, -0.2) is 73.3 Å². The average Bonchev–Trinajstić information content (AvgIpc) is 3.43. The first-order valence-electron chi connectivity index (χ1n) is 13.7. The van der Waals surface area contributed by atoms with Gasteiger partial charge < -0.3 is 29.6 Å². The molecular formula is C29H44N6O4Si. The number of hydrogen-bond donors (Lipinski definition) is 3. The minimum atomic E-state index is -1.89. The fourth-order valence-corrected chi connectivity index (χ4v) is 5.77. The minimum Gasteiger partial charge on any atom is -0.480 e. The lowest BCUT2D eigenvalue weighted by Gasteiger charge is -2.39. The fourth-order valence-electron chi connectivity index (χ4n) is 4.66. The lowest BCUT2D eigenvalue weighted by atomic mass is 9.83. The van der Waals surface area contributed by atoms with Crippen LogP contribution in [-0.2, 0) is 21.1 Å². The van der Waals surface area contributed by atoms with Crippen LogP contribution in [0.3, 0.4) is 0 Å². The molecule has 10 nitrogen and oxygen atoms in total. The van der Waals surface area contributed by atoms with Crippen molar-refractivity contribution in [3.05, 3.63) is 41.7 Å². The molecule has 2 atom stereocenters. The number of fused-ring (bicyclic) bond motifs is 1. The van der Waals surface area contributed by atoms with Crippen LogP contribution in [0.1, 0.15) is 38.8 Å². The van der Waals surface area contributed by atoms with Crippen molar-refractivity contribution in [3.63, 3.8) is 0 Å². The topological polar surface area (TPSA) is 116 Å². The van der Waals surface area contributed by atoms with E-state index in [0.717, 1.165) is 17.8 Å². The zero-order valence-electron chi connectivity index (χ0n) is 25.3. The Labute approximate surface area is 238 Å². The Morgan fingerprint density at radius 1 is 1.25 bits per heavy atom. The van der Waals surface area contributed by atoms with Crippen molar-refractivity contribution in [2.75, 3.05) is 44.6 Å². The average molecular weight is 569 g/mol. The molecule has 0 saturated heterocycles. The molecule has 11 heteroatoms. The van der Waals surface area contributed by atoms with Gasteiger partial charge in [0.25, 0.3) is 0 Å². The van der Waals surface area contributed by atoms with Crippen molar-refractivity contribution < 1.29 is 19.0 Å². The third-order valence-corrected chi connectivity index (χ3v) is 12.6. The van der Waals surface area contributed by atoms with Crippen LogP contribution in [0.5, 0.6) is 5.88 Å². The van der Waals surface area contributed by atoms with Crippen molar-refractivity contribution in [2.24, 2.45) is 0 Å². The Balaban J connectivity index is 1.59. The molecule has 218 valence electrons. The van der Waals surface area contributed by atoms with Gasteiger partial charge in [0.1, 0.15) is 5.69 Å². The van der Waals surface area contributed by atoms with Crippen LogP contribution in [0.4, 0.5) is 17.3 Å². The normalized spacial score (nSPS) is 17.9. The van der Waals surface area contributed by atoms with Gasteiger partial charge in [0.15, 0.2) is 8.32 Å². The van der Waals surface area contributed by atoms with Gasteiger partial charge in [0.2, 0.25) is 11.8 Å². The summed E-state index contributed by atoms with van der Waals surface area (Å²) in [4.78, 5) is 9.24. The first kappa shape index (κ1) is 30.0. The van der Waals surface area contributed by atoms with Crippen molar-refractivity contribution in [1.82, 2.24) is 19.7 Å². The molecule has 0 spiro atoms. The van der Waals surface area contributed by atoms with Crippen LogP contribution >= 0.6 is 0 Å². The summed E-state index contributed by atoms with van der Waals surface area (Å²) in [6.07, 6.45) is 2.67. The summed E-state index contributed by atoms with van der Waals surface area (Å²) in [6, 6.07) is 6.31. The Morgan fingerprint density at radius 2 is 2.00 bits per heavy atom. The van der Waals surface area contributed by atoms with Crippen LogP contribution in [0.25, 0.3) is 11.3 Å². The Kier molecular flexibility index (Phi) is 8.60. The van der Waals surface area contributed by atoms with E-state index >= 15 is 0 Å². The summed E-state index contributed by atoms with van der Waals surface area (Å²) in [5, 5.41) is 21.5. The van der Waals surface area contributed by atoms with Gasteiger partial charge >= 0.3 is 0 Å². The number of aryl methyl sites for hydroxylation is 1. The van der Waals surface area contributed by atoms with Crippen LogP contribution in [0, 0.1) is 6.92 Å². The molecule has 3 N–H and O–H groups in total. The number of anilines is 3. The number of aliphatic hydroxyl groups excluding tert-OH is 1. The molecule has 0 radical (unpaired) electrons. The molecule has 1 aliphatic heterocycles. The van der Waals surface area contributed by atoms with Crippen molar-refractivity contribution in [3.8, 4) is 17.1 Å². The summed E-state index contributed by atoms with van der Waals surface area (Å²) < 4.78 is 18.8. The summed E-state index contributed by atoms with van der Waals surface area (Å²) in [6.45, 7) is 17.8. The number of aliphatic hydroxyl groups is 1. The molecule has 0 saturated carbocycles. The number of hydrogen-bond acceptors (Lipinski definition) is 9. The van der Waals surface area contributed by atoms with Crippen LogP contribution in [0.15, 0.2) is 30.6 Å². The predicted octanol–water partition coefficient (Wildman–Crippen LogP) is 5.11. The molecular weight excluding hydrogens is 524 g/mol. The maximum absolute atomic E-state index is 10.1. The van der Waals surface area contributed by atoms with E-state index < -0.39 is 14.4 Å². The number of rotatable bonds is 11. The van der Waals surface area contributed by atoms with Gasteiger partial charge in [0.05, 0.1) is 38.3 Å². The van der Waals surface area contributed by atoms with Gasteiger partial charge in [-0.15, -0.1) is 0 Å². The van der Waals surface area contributed by atoms with Gasteiger partial charge in [-0.25, -0.2) is 14.6 Å². The highest BCUT2D eigenvalue weighted by Crippen LogP contribution is 2.44. The van der Waals surface area contributed by atoms with Crippen molar-refractivity contribution >= 4 is 25.6 Å². The van der Waals surface area contributed by atoms with E-state index in [2.05, 4.69) is 80.6 Å². The van der Waals surface area contributed by atoms with E-state index in [0.29, 0.717) is 24.1 Å². The number of nitrogens with zero attached hydrogens (tertiary/aromatic N) is 4. The lowest BCUT2D eigenvalue weighted by Crippen LogP contribution is -2.45. The Hall–Kier alpha value is -2.99. The third kappa shape index (κ3) is 6.17. The van der Waals surface area contributed by atoms with E-state index in [1.807, 2.05) is 6.07 Å². The zero-order chi connectivity index (χ0) is 29.3. The third-order valence-electron chi connectivity index (χ3n) is 8.12. The Bertz CT molecular complexity index is 1340. The molecule has 0 unspecified atom stereocenters. The monoisotopic (exact) mass is 568 g/mol. The minimum absolute atomic E-state index is 0.144. The first-order valence-corrected chi connectivity index (χ1v) is 16.6. The smallest absolute Gasteiger partial charge is 0.236 e. The molecule has 0 amide bonds. The van der Waals surface area contributed by atoms with E-state index in [9.17, 15) is 5.11 Å². The maximum atomic E-state index is 10.1. The van der Waals surface area contributed by atoms with E-state index in [1.165, 1.54) is 16.8 Å². The first-order chi connectivity index (χ1) is 18.8. The standard InChI is InChI=1S/C29H44N6O4Si/c1-19-12-20(13-22-25(19)31-17-29(22,5)18-39-40(8,9)28(2,3)4)23-10-11-30-27(33-23)34-24-14-32-35(26(24)38-7)15-21(36)16-37-6/h10-14,21,31,36H,15-18H2,1-9H3,(H,30,33,34)/t21-,29-/m1/s1. The molecule has 40 heavy (non-hydrogen) atoms. The highest BCUT2D eigenvalue weighted by Gasteiger charge is 2.42. The lowest BCUT2D eigenvalue weighted by molar-refractivity contribution is 0.0498.